The molecule has 0 aliphatic carbocycles. The molecule has 1 saturated heterocycles. The Morgan fingerprint density at radius 1 is 0.821 bits per heavy atom. The number of benzene rings is 3. The average Bonchev–Trinajstić information content (AvgIpc) is 3.00. The third-order valence-corrected chi connectivity index (χ3v) is 7.30. The maximum Gasteiger partial charge on any atom is 0.161 e. The lowest BCUT2D eigenvalue weighted by molar-refractivity contribution is -0.0901. The van der Waals surface area contributed by atoms with Crippen LogP contribution in [0.3, 0.4) is 0 Å². The smallest absolute Gasteiger partial charge is 0.161 e. The van der Waals surface area contributed by atoms with E-state index in [1.54, 1.807) is 35.5 Å². The summed E-state index contributed by atoms with van der Waals surface area (Å²) < 4.78 is 33.6. The molecule has 0 unspecified atom stereocenters. The van der Waals surface area contributed by atoms with E-state index in [2.05, 4.69) is 12.2 Å². The van der Waals surface area contributed by atoms with Gasteiger partial charge in [-0.2, -0.15) is 0 Å². The van der Waals surface area contributed by atoms with Crippen LogP contribution in [0.1, 0.15) is 41.7 Å². The predicted molar refractivity (Wildman–Crippen MR) is 151 cm³/mol. The van der Waals surface area contributed by atoms with Gasteiger partial charge < -0.3 is 33.5 Å². The standard InChI is InChI=1S/C32H38O7/c1-34-26-11-7-9-21(16-26)8-6-10-23-17-25(31(33)22-12-14-27(35-2)29(18-22)37-4)20-39-32(23)24-13-15-28(36-3)30(19-24)38-5/h6-9,11-16,18-19,23,25,31-33H,10,17,20H2,1-5H3/b8-6+/t23-,25-,31+,32-/m1/s1. The number of methoxy groups -OCH3 is 5. The molecule has 3 aromatic rings. The molecular formula is C32H38O7. The maximum atomic E-state index is 11.4. The summed E-state index contributed by atoms with van der Waals surface area (Å²) in [7, 11) is 8.12. The minimum absolute atomic E-state index is 0.0882. The summed E-state index contributed by atoms with van der Waals surface area (Å²) in [6, 6.07) is 19.4. The molecule has 0 amide bonds. The third-order valence-electron chi connectivity index (χ3n) is 7.30. The van der Waals surface area contributed by atoms with Gasteiger partial charge in [0.1, 0.15) is 5.75 Å². The number of rotatable bonds is 11. The third kappa shape index (κ3) is 6.67. The molecule has 3 aromatic carbocycles. The van der Waals surface area contributed by atoms with Crippen molar-refractivity contribution in [1.29, 1.82) is 0 Å². The first-order valence-electron chi connectivity index (χ1n) is 13.0. The molecule has 0 radical (unpaired) electrons. The summed E-state index contributed by atoms with van der Waals surface area (Å²) in [5.74, 6) is 3.41. The second-order valence-electron chi connectivity index (χ2n) is 9.60. The molecular weight excluding hydrogens is 496 g/mol. The van der Waals surface area contributed by atoms with E-state index in [-0.39, 0.29) is 17.9 Å². The van der Waals surface area contributed by atoms with E-state index in [0.29, 0.717) is 29.6 Å². The first kappa shape index (κ1) is 28.3. The number of allylic oxidation sites excluding steroid dienone is 1. The highest BCUT2D eigenvalue weighted by molar-refractivity contribution is 5.52. The van der Waals surface area contributed by atoms with Crippen LogP contribution in [0.15, 0.2) is 66.7 Å². The van der Waals surface area contributed by atoms with Crippen molar-refractivity contribution in [2.75, 3.05) is 42.2 Å². The van der Waals surface area contributed by atoms with Crippen LogP contribution >= 0.6 is 0 Å². The van der Waals surface area contributed by atoms with Gasteiger partial charge in [-0.05, 0) is 71.8 Å². The highest BCUT2D eigenvalue weighted by Gasteiger charge is 2.36. The quantitative estimate of drug-likeness (QED) is 0.311. The Morgan fingerprint density at radius 2 is 1.51 bits per heavy atom. The van der Waals surface area contributed by atoms with Crippen molar-refractivity contribution in [3.63, 3.8) is 0 Å². The van der Waals surface area contributed by atoms with Crippen LogP contribution in [0.2, 0.25) is 0 Å². The van der Waals surface area contributed by atoms with Crippen LogP contribution in [0.4, 0.5) is 0 Å². The van der Waals surface area contributed by atoms with Gasteiger partial charge in [0.25, 0.3) is 0 Å². The molecule has 4 rings (SSSR count). The molecule has 0 aromatic heterocycles. The van der Waals surface area contributed by atoms with Gasteiger partial charge in [0.15, 0.2) is 23.0 Å². The highest BCUT2D eigenvalue weighted by atomic mass is 16.5. The lowest BCUT2D eigenvalue weighted by Gasteiger charge is -2.38. The van der Waals surface area contributed by atoms with Crippen LogP contribution < -0.4 is 23.7 Å². The fourth-order valence-electron chi connectivity index (χ4n) is 5.21. The van der Waals surface area contributed by atoms with E-state index in [0.717, 1.165) is 35.3 Å². The number of aliphatic hydroxyl groups is 1. The Balaban J connectivity index is 1.58. The summed E-state index contributed by atoms with van der Waals surface area (Å²) >= 11 is 0. The van der Waals surface area contributed by atoms with Gasteiger partial charge in [-0.15, -0.1) is 0 Å². The molecule has 1 aliphatic rings. The second kappa shape index (κ2) is 13.4. The molecule has 1 N–H and O–H groups in total. The Morgan fingerprint density at radius 3 is 2.21 bits per heavy atom. The zero-order valence-electron chi connectivity index (χ0n) is 23.3. The van der Waals surface area contributed by atoms with Crippen molar-refractivity contribution in [3.05, 3.63) is 83.4 Å². The van der Waals surface area contributed by atoms with E-state index < -0.39 is 6.10 Å². The SMILES string of the molecule is COc1cccc(/C=C/C[C@@H]2C[C@@H]([C@@H](O)c3ccc(OC)c(OC)c3)CO[C@H]2c2ccc(OC)c(OC)c2)c1. The number of hydrogen-bond acceptors (Lipinski definition) is 7. The van der Waals surface area contributed by atoms with E-state index in [1.165, 1.54) is 0 Å². The van der Waals surface area contributed by atoms with Crippen LogP contribution in [0.5, 0.6) is 28.7 Å². The van der Waals surface area contributed by atoms with Gasteiger partial charge in [0.05, 0.1) is 54.4 Å². The average molecular weight is 535 g/mol. The monoisotopic (exact) mass is 534 g/mol. The lowest BCUT2D eigenvalue weighted by atomic mass is 9.79. The summed E-state index contributed by atoms with van der Waals surface area (Å²) in [5.41, 5.74) is 2.86. The fourth-order valence-corrected chi connectivity index (χ4v) is 5.21. The highest BCUT2D eigenvalue weighted by Crippen LogP contribution is 2.44. The lowest BCUT2D eigenvalue weighted by Crippen LogP contribution is -2.32. The van der Waals surface area contributed by atoms with Crippen LogP contribution in [-0.2, 0) is 4.74 Å². The molecule has 7 nitrogen and oxygen atoms in total. The molecule has 4 atom stereocenters. The van der Waals surface area contributed by atoms with E-state index in [4.69, 9.17) is 28.4 Å². The number of hydrogen-bond donors (Lipinski definition) is 1. The van der Waals surface area contributed by atoms with Crippen molar-refractivity contribution < 1.29 is 33.5 Å². The number of ether oxygens (including phenoxy) is 6. The summed E-state index contributed by atoms with van der Waals surface area (Å²) in [4.78, 5) is 0. The predicted octanol–water partition coefficient (Wildman–Crippen LogP) is 6.26. The van der Waals surface area contributed by atoms with Crippen molar-refractivity contribution in [2.45, 2.75) is 25.0 Å². The maximum absolute atomic E-state index is 11.4. The molecule has 208 valence electrons. The van der Waals surface area contributed by atoms with Gasteiger partial charge in [-0.1, -0.05) is 36.4 Å². The van der Waals surface area contributed by atoms with Crippen molar-refractivity contribution in [3.8, 4) is 28.7 Å². The minimum Gasteiger partial charge on any atom is -0.497 e. The van der Waals surface area contributed by atoms with E-state index in [9.17, 15) is 5.11 Å². The summed E-state index contributed by atoms with van der Waals surface area (Å²) in [6.07, 6.45) is 4.95. The normalized spacial score (nSPS) is 19.9. The Hall–Kier alpha value is -3.68. The number of aliphatic hydroxyl groups excluding tert-OH is 1. The Bertz CT molecular complexity index is 1260. The fraction of sp³-hybridized carbons (Fsp3) is 0.375. The molecule has 1 fully saturated rings. The minimum atomic E-state index is -0.707. The van der Waals surface area contributed by atoms with Gasteiger partial charge in [0.2, 0.25) is 0 Å². The van der Waals surface area contributed by atoms with Gasteiger partial charge in [-0.3, -0.25) is 0 Å². The molecule has 1 aliphatic heterocycles. The van der Waals surface area contributed by atoms with Crippen molar-refractivity contribution in [2.24, 2.45) is 11.8 Å². The van der Waals surface area contributed by atoms with Gasteiger partial charge in [-0.25, -0.2) is 0 Å². The first-order valence-corrected chi connectivity index (χ1v) is 13.0. The van der Waals surface area contributed by atoms with E-state index in [1.807, 2.05) is 60.7 Å². The molecule has 0 bridgehead atoms. The largest absolute Gasteiger partial charge is 0.497 e. The van der Waals surface area contributed by atoms with Crippen LogP contribution in [0.25, 0.3) is 6.08 Å². The van der Waals surface area contributed by atoms with Gasteiger partial charge in [0, 0.05) is 5.92 Å². The zero-order chi connectivity index (χ0) is 27.8. The molecule has 0 saturated carbocycles. The topological polar surface area (TPSA) is 75.6 Å². The Labute approximate surface area is 230 Å². The molecule has 7 heteroatoms. The Kier molecular flexibility index (Phi) is 9.74. The van der Waals surface area contributed by atoms with Crippen LogP contribution in [-0.4, -0.2) is 47.3 Å². The molecule has 0 spiro atoms. The summed E-state index contributed by atoms with van der Waals surface area (Å²) in [5, 5.41) is 11.4. The summed E-state index contributed by atoms with van der Waals surface area (Å²) in [6.45, 7) is 0.421. The van der Waals surface area contributed by atoms with E-state index >= 15 is 0 Å². The first-order chi connectivity index (χ1) is 19.0. The second-order valence-corrected chi connectivity index (χ2v) is 9.60. The van der Waals surface area contributed by atoms with Crippen molar-refractivity contribution in [1.82, 2.24) is 0 Å². The van der Waals surface area contributed by atoms with Gasteiger partial charge >= 0.3 is 0 Å². The molecule has 1 heterocycles. The zero-order valence-corrected chi connectivity index (χ0v) is 23.3. The van der Waals surface area contributed by atoms with Crippen molar-refractivity contribution >= 4 is 6.08 Å². The van der Waals surface area contributed by atoms with Crippen LogP contribution in [0, 0.1) is 11.8 Å². The molecule has 39 heavy (non-hydrogen) atoms.